The third-order valence-electron chi connectivity index (χ3n) is 2.98. The number of benzene rings is 2. The molecule has 8 heteroatoms. The number of nitrogens with zero attached hydrogens (tertiary/aromatic N) is 1. The summed E-state index contributed by atoms with van der Waals surface area (Å²) in [5.74, 6) is -0.424. The molecule has 2 rings (SSSR count). The van der Waals surface area contributed by atoms with Gasteiger partial charge in [0.05, 0.1) is 4.92 Å². The fourth-order valence-electron chi connectivity index (χ4n) is 1.85. The van der Waals surface area contributed by atoms with Crippen molar-refractivity contribution in [1.82, 2.24) is 5.32 Å². The van der Waals surface area contributed by atoms with E-state index in [1.807, 2.05) is 0 Å². The molecule has 0 spiro atoms. The van der Waals surface area contributed by atoms with Crippen LogP contribution in [0.3, 0.4) is 0 Å². The molecule has 1 amide bonds. The normalized spacial score (nSPS) is 10.0. The minimum atomic E-state index is -0.478. The van der Waals surface area contributed by atoms with Gasteiger partial charge in [-0.05, 0) is 43.4 Å². The zero-order chi connectivity index (χ0) is 17.0. The number of carbonyl (C=O) groups excluding carboxylic acids is 1. The van der Waals surface area contributed by atoms with Gasteiger partial charge in [0, 0.05) is 27.9 Å². The highest BCUT2D eigenvalue weighted by Crippen LogP contribution is 2.22. The van der Waals surface area contributed by atoms with Gasteiger partial charge in [-0.15, -0.1) is 0 Å². The summed E-state index contributed by atoms with van der Waals surface area (Å²) in [7, 11) is 0. The fraction of sp³-hybridized carbons (Fsp3) is 0.0667. The number of hydrogen-bond acceptors (Lipinski definition) is 4. The molecule has 0 aliphatic carbocycles. The highest BCUT2D eigenvalue weighted by atomic mass is 35.5. The molecule has 0 aromatic heterocycles. The zero-order valence-corrected chi connectivity index (χ0v) is 13.6. The molecule has 0 radical (unpaired) electrons. The van der Waals surface area contributed by atoms with Crippen molar-refractivity contribution in [1.29, 1.82) is 0 Å². The number of nitro benzene ring substituents is 1. The molecule has 0 heterocycles. The van der Waals surface area contributed by atoms with E-state index in [0.29, 0.717) is 21.8 Å². The summed E-state index contributed by atoms with van der Waals surface area (Å²) in [6.07, 6.45) is 0. The van der Waals surface area contributed by atoms with Gasteiger partial charge in [0.25, 0.3) is 11.6 Å². The van der Waals surface area contributed by atoms with Gasteiger partial charge in [-0.3, -0.25) is 20.2 Å². The second kappa shape index (κ2) is 7.17. The Morgan fingerprint density at radius 2 is 2.00 bits per heavy atom. The van der Waals surface area contributed by atoms with Crippen LogP contribution in [0.5, 0.6) is 0 Å². The molecule has 0 saturated heterocycles. The van der Waals surface area contributed by atoms with Crippen molar-refractivity contribution in [3.63, 3.8) is 0 Å². The molecule has 2 aromatic carbocycles. The van der Waals surface area contributed by atoms with Crippen LogP contribution in [0.4, 0.5) is 11.4 Å². The zero-order valence-electron chi connectivity index (χ0n) is 12.0. The molecule has 2 aromatic rings. The van der Waals surface area contributed by atoms with Crippen LogP contribution in [-0.4, -0.2) is 15.9 Å². The molecule has 0 aliphatic heterocycles. The van der Waals surface area contributed by atoms with E-state index in [0.717, 1.165) is 0 Å². The summed E-state index contributed by atoms with van der Waals surface area (Å²) in [5, 5.41) is 16.6. The van der Waals surface area contributed by atoms with Gasteiger partial charge >= 0.3 is 0 Å². The summed E-state index contributed by atoms with van der Waals surface area (Å²) in [5.41, 5.74) is 1.28. The molecular weight excluding hydrogens is 338 g/mol. The number of rotatable bonds is 3. The van der Waals surface area contributed by atoms with Gasteiger partial charge in [-0.25, -0.2) is 0 Å². The van der Waals surface area contributed by atoms with E-state index in [4.69, 9.17) is 23.8 Å². The van der Waals surface area contributed by atoms with Crippen LogP contribution >= 0.6 is 23.8 Å². The number of nitro groups is 1. The van der Waals surface area contributed by atoms with Crippen molar-refractivity contribution in [2.75, 3.05) is 5.32 Å². The summed E-state index contributed by atoms with van der Waals surface area (Å²) in [6, 6.07) is 11.0. The quantitative estimate of drug-likeness (QED) is 0.501. The average Bonchev–Trinajstić information content (AvgIpc) is 2.48. The summed E-state index contributed by atoms with van der Waals surface area (Å²) < 4.78 is 0. The topological polar surface area (TPSA) is 84.3 Å². The Bertz CT molecular complexity index is 795. The Balaban J connectivity index is 2.06. The predicted molar refractivity (Wildman–Crippen MR) is 93.0 cm³/mol. The third kappa shape index (κ3) is 4.48. The number of thiocarbonyl (C=S) groups is 1. The summed E-state index contributed by atoms with van der Waals surface area (Å²) in [6.45, 7) is 1.64. The van der Waals surface area contributed by atoms with Crippen LogP contribution in [0.25, 0.3) is 0 Å². The molecule has 0 atom stereocenters. The minimum Gasteiger partial charge on any atom is -0.332 e. The third-order valence-corrected chi connectivity index (χ3v) is 3.42. The van der Waals surface area contributed by atoms with E-state index in [9.17, 15) is 14.9 Å². The van der Waals surface area contributed by atoms with E-state index in [1.54, 1.807) is 37.3 Å². The molecule has 2 N–H and O–H groups in total. The number of aryl methyl sites for hydroxylation is 1. The van der Waals surface area contributed by atoms with Crippen LogP contribution < -0.4 is 10.6 Å². The van der Waals surface area contributed by atoms with E-state index in [2.05, 4.69) is 10.6 Å². The fourth-order valence-corrected chi connectivity index (χ4v) is 2.25. The first-order chi connectivity index (χ1) is 10.9. The molecule has 6 nitrogen and oxygen atoms in total. The largest absolute Gasteiger partial charge is 0.332 e. The lowest BCUT2D eigenvalue weighted by molar-refractivity contribution is -0.385. The standard InChI is InChI=1S/C15H12ClN3O3S/c1-9-5-6-12(8-13(9)19(21)22)17-15(23)18-14(20)10-3-2-4-11(16)7-10/h2-8H,1H3,(H2,17,18,20,23). The first-order valence-electron chi connectivity index (χ1n) is 6.50. The second-order valence-electron chi connectivity index (χ2n) is 4.68. The molecular formula is C15H12ClN3O3S. The van der Waals surface area contributed by atoms with Crippen molar-refractivity contribution < 1.29 is 9.72 Å². The number of amides is 1. The van der Waals surface area contributed by atoms with Crippen molar-refractivity contribution in [3.8, 4) is 0 Å². The molecule has 0 unspecified atom stereocenters. The van der Waals surface area contributed by atoms with Crippen molar-refractivity contribution in [2.24, 2.45) is 0 Å². The smallest absolute Gasteiger partial charge is 0.274 e. The Morgan fingerprint density at radius 1 is 1.26 bits per heavy atom. The van der Waals surface area contributed by atoms with E-state index >= 15 is 0 Å². The maximum absolute atomic E-state index is 12.0. The van der Waals surface area contributed by atoms with E-state index in [-0.39, 0.29) is 10.8 Å². The Kier molecular flexibility index (Phi) is 5.25. The second-order valence-corrected chi connectivity index (χ2v) is 5.52. The highest BCUT2D eigenvalue weighted by Gasteiger charge is 2.13. The maximum Gasteiger partial charge on any atom is 0.274 e. The van der Waals surface area contributed by atoms with Crippen molar-refractivity contribution in [2.45, 2.75) is 6.92 Å². The lowest BCUT2D eigenvalue weighted by atomic mass is 10.2. The minimum absolute atomic E-state index is 0.0287. The van der Waals surface area contributed by atoms with Gasteiger partial charge < -0.3 is 5.32 Å². The Labute approximate surface area is 142 Å². The van der Waals surface area contributed by atoms with Crippen LogP contribution in [0.2, 0.25) is 5.02 Å². The van der Waals surface area contributed by atoms with Crippen molar-refractivity contribution >= 4 is 46.2 Å². The maximum atomic E-state index is 12.0. The van der Waals surface area contributed by atoms with Gasteiger partial charge in [0.2, 0.25) is 0 Å². The number of halogens is 1. The first-order valence-corrected chi connectivity index (χ1v) is 7.28. The van der Waals surface area contributed by atoms with Crippen LogP contribution in [-0.2, 0) is 0 Å². The molecule has 23 heavy (non-hydrogen) atoms. The number of anilines is 1. The van der Waals surface area contributed by atoms with Crippen LogP contribution in [0, 0.1) is 17.0 Å². The highest BCUT2D eigenvalue weighted by molar-refractivity contribution is 7.80. The predicted octanol–water partition coefficient (Wildman–Crippen LogP) is 3.68. The molecule has 0 saturated carbocycles. The summed E-state index contributed by atoms with van der Waals surface area (Å²) >= 11 is 10.9. The van der Waals surface area contributed by atoms with Gasteiger partial charge in [0.1, 0.15) is 0 Å². The molecule has 118 valence electrons. The Morgan fingerprint density at radius 3 is 2.65 bits per heavy atom. The number of carbonyl (C=O) groups is 1. The SMILES string of the molecule is Cc1ccc(NC(=S)NC(=O)c2cccc(Cl)c2)cc1[N+](=O)[O-]. The van der Waals surface area contributed by atoms with Crippen LogP contribution in [0.1, 0.15) is 15.9 Å². The van der Waals surface area contributed by atoms with Crippen LogP contribution in [0.15, 0.2) is 42.5 Å². The Hall–Kier alpha value is -2.51. The first kappa shape index (κ1) is 16.9. The van der Waals surface area contributed by atoms with E-state index in [1.165, 1.54) is 12.1 Å². The molecule has 0 aliphatic rings. The average molecular weight is 350 g/mol. The lowest BCUT2D eigenvalue weighted by Crippen LogP contribution is -2.34. The lowest BCUT2D eigenvalue weighted by Gasteiger charge is -2.10. The number of hydrogen-bond donors (Lipinski definition) is 2. The molecule has 0 bridgehead atoms. The van der Waals surface area contributed by atoms with E-state index < -0.39 is 10.8 Å². The van der Waals surface area contributed by atoms with Gasteiger partial charge in [-0.1, -0.05) is 23.7 Å². The number of nitrogens with one attached hydrogen (secondary N) is 2. The van der Waals surface area contributed by atoms with Gasteiger partial charge in [0.15, 0.2) is 5.11 Å². The van der Waals surface area contributed by atoms with Crippen molar-refractivity contribution in [3.05, 3.63) is 68.7 Å². The molecule has 0 fully saturated rings. The van der Waals surface area contributed by atoms with Gasteiger partial charge in [-0.2, -0.15) is 0 Å². The summed E-state index contributed by atoms with van der Waals surface area (Å²) in [4.78, 5) is 22.5. The monoisotopic (exact) mass is 349 g/mol.